The standard InChI is InChI=1S/C22H20N2O2/c1-15-7-2-5-12-20(15)24-14-17(13-21(24)25)22(26)23-19-11-6-9-16-8-3-4-10-18(16)19/h2-12,17H,13-14H2,1H3,(H,23,26). The lowest BCUT2D eigenvalue weighted by Gasteiger charge is -2.19. The van der Waals surface area contributed by atoms with Crippen LogP contribution in [0.1, 0.15) is 12.0 Å². The van der Waals surface area contributed by atoms with E-state index >= 15 is 0 Å². The Labute approximate surface area is 152 Å². The molecule has 26 heavy (non-hydrogen) atoms. The van der Waals surface area contributed by atoms with E-state index < -0.39 is 0 Å². The molecule has 0 saturated carbocycles. The van der Waals surface area contributed by atoms with E-state index in [9.17, 15) is 9.59 Å². The first-order valence-corrected chi connectivity index (χ1v) is 8.78. The van der Waals surface area contributed by atoms with Crippen LogP contribution >= 0.6 is 0 Å². The van der Waals surface area contributed by atoms with E-state index in [0.717, 1.165) is 27.7 Å². The van der Waals surface area contributed by atoms with Crippen molar-refractivity contribution in [2.75, 3.05) is 16.8 Å². The van der Waals surface area contributed by atoms with Gasteiger partial charge >= 0.3 is 0 Å². The first kappa shape index (κ1) is 16.3. The number of hydrogen-bond acceptors (Lipinski definition) is 2. The molecule has 1 saturated heterocycles. The summed E-state index contributed by atoms with van der Waals surface area (Å²) in [6, 6.07) is 21.6. The summed E-state index contributed by atoms with van der Waals surface area (Å²) in [6.45, 7) is 2.40. The van der Waals surface area contributed by atoms with Crippen LogP contribution < -0.4 is 10.2 Å². The Kier molecular flexibility index (Phi) is 4.17. The maximum Gasteiger partial charge on any atom is 0.229 e. The second kappa shape index (κ2) is 6.64. The summed E-state index contributed by atoms with van der Waals surface area (Å²) in [6.07, 6.45) is 0.241. The Morgan fingerprint density at radius 2 is 1.73 bits per heavy atom. The maximum absolute atomic E-state index is 12.8. The van der Waals surface area contributed by atoms with Crippen LogP contribution in [0.4, 0.5) is 11.4 Å². The monoisotopic (exact) mass is 344 g/mol. The van der Waals surface area contributed by atoms with Crippen molar-refractivity contribution in [2.45, 2.75) is 13.3 Å². The van der Waals surface area contributed by atoms with Gasteiger partial charge < -0.3 is 10.2 Å². The molecule has 0 bridgehead atoms. The summed E-state index contributed by atoms with van der Waals surface area (Å²) in [5.74, 6) is -0.454. The number of para-hydroxylation sites is 1. The number of benzene rings is 3. The van der Waals surface area contributed by atoms with E-state index in [4.69, 9.17) is 0 Å². The smallest absolute Gasteiger partial charge is 0.229 e. The van der Waals surface area contributed by atoms with E-state index in [1.807, 2.05) is 73.7 Å². The van der Waals surface area contributed by atoms with Crippen LogP contribution in [0.3, 0.4) is 0 Å². The molecule has 3 aromatic rings. The van der Waals surface area contributed by atoms with Crippen molar-refractivity contribution >= 4 is 34.0 Å². The first-order chi connectivity index (χ1) is 12.6. The average molecular weight is 344 g/mol. The van der Waals surface area contributed by atoms with Gasteiger partial charge in [0.05, 0.1) is 5.92 Å². The number of aryl methyl sites for hydroxylation is 1. The van der Waals surface area contributed by atoms with Gasteiger partial charge in [0.25, 0.3) is 0 Å². The number of amides is 2. The average Bonchev–Trinajstić information content (AvgIpc) is 3.04. The van der Waals surface area contributed by atoms with Gasteiger partial charge in [-0.1, -0.05) is 54.6 Å². The number of fused-ring (bicyclic) bond motifs is 1. The molecule has 0 aliphatic carbocycles. The van der Waals surface area contributed by atoms with Crippen molar-refractivity contribution in [1.82, 2.24) is 0 Å². The molecule has 3 aromatic carbocycles. The molecule has 2 amide bonds. The Balaban J connectivity index is 1.54. The molecular weight excluding hydrogens is 324 g/mol. The van der Waals surface area contributed by atoms with Crippen LogP contribution in [-0.4, -0.2) is 18.4 Å². The summed E-state index contributed by atoms with van der Waals surface area (Å²) in [5, 5.41) is 5.10. The molecule has 0 radical (unpaired) electrons. The van der Waals surface area contributed by atoms with E-state index in [1.165, 1.54) is 0 Å². The van der Waals surface area contributed by atoms with Crippen LogP contribution in [0.2, 0.25) is 0 Å². The van der Waals surface area contributed by atoms with Crippen molar-refractivity contribution in [1.29, 1.82) is 0 Å². The zero-order valence-corrected chi connectivity index (χ0v) is 14.6. The number of rotatable bonds is 3. The molecule has 4 rings (SSSR count). The molecule has 1 unspecified atom stereocenters. The lowest BCUT2D eigenvalue weighted by molar-refractivity contribution is -0.122. The molecule has 1 N–H and O–H groups in total. The second-order valence-corrected chi connectivity index (χ2v) is 6.71. The summed E-state index contributed by atoms with van der Waals surface area (Å²) in [5.41, 5.74) is 2.71. The summed E-state index contributed by atoms with van der Waals surface area (Å²) < 4.78 is 0. The largest absolute Gasteiger partial charge is 0.325 e. The quantitative estimate of drug-likeness (QED) is 0.776. The number of carbonyl (C=O) groups excluding carboxylic acids is 2. The molecule has 1 heterocycles. The molecule has 0 spiro atoms. The topological polar surface area (TPSA) is 49.4 Å². The van der Waals surface area contributed by atoms with Crippen molar-refractivity contribution < 1.29 is 9.59 Å². The van der Waals surface area contributed by atoms with Gasteiger partial charge in [0.2, 0.25) is 11.8 Å². The van der Waals surface area contributed by atoms with E-state index in [2.05, 4.69) is 5.32 Å². The summed E-state index contributed by atoms with van der Waals surface area (Å²) >= 11 is 0. The second-order valence-electron chi connectivity index (χ2n) is 6.71. The third kappa shape index (κ3) is 2.94. The highest BCUT2D eigenvalue weighted by atomic mass is 16.2. The van der Waals surface area contributed by atoms with Gasteiger partial charge in [-0.3, -0.25) is 9.59 Å². The minimum atomic E-state index is -0.346. The first-order valence-electron chi connectivity index (χ1n) is 8.78. The number of nitrogens with one attached hydrogen (secondary N) is 1. The van der Waals surface area contributed by atoms with E-state index in [0.29, 0.717) is 6.54 Å². The van der Waals surface area contributed by atoms with Crippen LogP contribution in [0.5, 0.6) is 0 Å². The van der Waals surface area contributed by atoms with Gasteiger partial charge in [-0.05, 0) is 30.0 Å². The predicted octanol–water partition coefficient (Wildman–Crippen LogP) is 4.14. The minimum absolute atomic E-state index is 0.00244. The molecule has 130 valence electrons. The molecule has 0 aromatic heterocycles. The van der Waals surface area contributed by atoms with Gasteiger partial charge in [0.1, 0.15) is 0 Å². The van der Waals surface area contributed by atoms with E-state index in [1.54, 1.807) is 4.90 Å². The van der Waals surface area contributed by atoms with Crippen molar-refractivity contribution in [3.63, 3.8) is 0 Å². The Morgan fingerprint density at radius 1 is 1.00 bits per heavy atom. The highest BCUT2D eigenvalue weighted by molar-refractivity contribution is 6.07. The fraction of sp³-hybridized carbons (Fsp3) is 0.182. The van der Waals surface area contributed by atoms with Gasteiger partial charge in [0.15, 0.2) is 0 Å². The molecule has 1 fully saturated rings. The molecule has 4 nitrogen and oxygen atoms in total. The third-order valence-electron chi connectivity index (χ3n) is 4.95. The third-order valence-corrected chi connectivity index (χ3v) is 4.95. The molecule has 4 heteroatoms. The highest BCUT2D eigenvalue weighted by Gasteiger charge is 2.35. The summed E-state index contributed by atoms with van der Waals surface area (Å²) in [7, 11) is 0. The van der Waals surface area contributed by atoms with Crippen molar-refractivity contribution in [3.05, 3.63) is 72.3 Å². The van der Waals surface area contributed by atoms with Gasteiger partial charge in [-0.15, -0.1) is 0 Å². The lowest BCUT2D eigenvalue weighted by Crippen LogP contribution is -2.28. The van der Waals surface area contributed by atoms with Crippen LogP contribution in [0.25, 0.3) is 10.8 Å². The SMILES string of the molecule is Cc1ccccc1N1CC(C(=O)Nc2cccc3ccccc23)CC1=O. The molecule has 1 aliphatic rings. The zero-order valence-electron chi connectivity index (χ0n) is 14.6. The van der Waals surface area contributed by atoms with Gasteiger partial charge in [-0.25, -0.2) is 0 Å². The van der Waals surface area contributed by atoms with Crippen LogP contribution in [-0.2, 0) is 9.59 Å². The number of nitrogens with zero attached hydrogens (tertiary/aromatic N) is 1. The van der Waals surface area contributed by atoms with Gasteiger partial charge in [0, 0.05) is 29.7 Å². The Hall–Kier alpha value is -3.14. The Morgan fingerprint density at radius 3 is 2.58 bits per heavy atom. The predicted molar refractivity (Wildman–Crippen MR) is 104 cm³/mol. The fourth-order valence-electron chi connectivity index (χ4n) is 3.55. The summed E-state index contributed by atoms with van der Waals surface area (Å²) in [4.78, 5) is 27.0. The number of carbonyl (C=O) groups is 2. The fourth-order valence-corrected chi connectivity index (χ4v) is 3.55. The Bertz CT molecular complexity index is 991. The normalized spacial score (nSPS) is 16.9. The molecule has 1 aliphatic heterocycles. The lowest BCUT2D eigenvalue weighted by atomic mass is 10.1. The van der Waals surface area contributed by atoms with Crippen molar-refractivity contribution in [2.24, 2.45) is 5.92 Å². The highest BCUT2D eigenvalue weighted by Crippen LogP contribution is 2.29. The van der Waals surface area contributed by atoms with Crippen molar-refractivity contribution in [3.8, 4) is 0 Å². The minimum Gasteiger partial charge on any atom is -0.325 e. The van der Waals surface area contributed by atoms with Gasteiger partial charge in [-0.2, -0.15) is 0 Å². The molecule has 1 atom stereocenters. The van der Waals surface area contributed by atoms with Crippen LogP contribution in [0.15, 0.2) is 66.7 Å². The number of anilines is 2. The maximum atomic E-state index is 12.8. The van der Waals surface area contributed by atoms with E-state index in [-0.39, 0.29) is 24.2 Å². The number of hydrogen-bond donors (Lipinski definition) is 1. The molecular formula is C22H20N2O2. The van der Waals surface area contributed by atoms with Crippen LogP contribution in [0, 0.1) is 12.8 Å². The zero-order chi connectivity index (χ0) is 18.1.